The second-order valence-corrected chi connectivity index (χ2v) is 13.6. The van der Waals surface area contributed by atoms with Crippen LogP contribution in [0.2, 0.25) is 0 Å². The summed E-state index contributed by atoms with van der Waals surface area (Å²) in [6, 6.07) is 8.24. The molecule has 1 fully saturated rings. The Morgan fingerprint density at radius 1 is 1.13 bits per heavy atom. The zero-order chi connectivity index (χ0) is 35.1. The molecule has 0 spiro atoms. The lowest BCUT2D eigenvalue weighted by atomic mass is 10.0. The Hall–Kier alpha value is -3.88. The maximum absolute atomic E-state index is 12.7. The zero-order valence-corrected chi connectivity index (χ0v) is 29.3. The van der Waals surface area contributed by atoms with Gasteiger partial charge in [0.2, 0.25) is 21.8 Å². The van der Waals surface area contributed by atoms with Crippen LogP contribution in [0.3, 0.4) is 0 Å². The Bertz CT molecular complexity index is 1510. The van der Waals surface area contributed by atoms with Crippen molar-refractivity contribution >= 4 is 50.7 Å². The maximum atomic E-state index is 12.7. The van der Waals surface area contributed by atoms with Crippen molar-refractivity contribution in [3.63, 3.8) is 0 Å². The van der Waals surface area contributed by atoms with Gasteiger partial charge in [-0.25, -0.2) is 18.6 Å². The van der Waals surface area contributed by atoms with Crippen LogP contribution in [0.15, 0.2) is 36.4 Å². The minimum absolute atomic E-state index is 0.0418. The number of hydrogen-bond acceptors (Lipinski definition) is 9. The predicted molar refractivity (Wildman–Crippen MR) is 182 cm³/mol. The Morgan fingerprint density at radius 3 is 2.45 bits per heavy atom. The number of ether oxygens (including phenoxy) is 1. The van der Waals surface area contributed by atoms with Crippen LogP contribution in [0.4, 0.5) is 0 Å². The number of allylic oxidation sites excluding steroid dienone is 1. The molecule has 1 saturated heterocycles. The fraction of sp³-hybridized carbons (Fsp3) is 0.545. The molecule has 0 bridgehead atoms. The summed E-state index contributed by atoms with van der Waals surface area (Å²) in [7, 11) is -2.05. The fourth-order valence-electron chi connectivity index (χ4n) is 4.81. The van der Waals surface area contributed by atoms with Crippen LogP contribution in [-0.4, -0.2) is 86.7 Å². The number of fused-ring (bicyclic) bond motifs is 1. The van der Waals surface area contributed by atoms with Gasteiger partial charge in [0.1, 0.15) is 18.1 Å². The van der Waals surface area contributed by atoms with E-state index in [9.17, 15) is 27.6 Å². The molecular weight excluding hydrogens is 624 g/mol. The molecule has 47 heavy (non-hydrogen) atoms. The summed E-state index contributed by atoms with van der Waals surface area (Å²) >= 11 is 0. The number of nitrogens with one attached hydrogen (secondary N) is 4. The number of carbonyl (C=O) groups is 4. The standard InChI is InChI=1S/C19H35N5O7S.C14H15N/c1-12(2)16(22-15(25)9-6-10-20-32(5,29)30)17(26)21-13(3)18(27)24-11-7-8-14(23-24)19(28)31-4;1-3-5-11-6-7-12-8-9-13(4-2)15-14(12)10-11/h12-14,16,20,23H,6-11H2,1-5H3,(H,21,26)(H,22,25);3,5-10H,4H2,1-2H3/b;5-3+/t13-,14-,16?;/m0./s1. The number of nitrogens with zero attached hydrogens (tertiary/aromatic N) is 2. The van der Waals surface area contributed by atoms with Gasteiger partial charge < -0.3 is 15.4 Å². The Labute approximate surface area is 278 Å². The number of aromatic nitrogens is 1. The molecule has 3 rings (SSSR count). The molecule has 0 radical (unpaired) electrons. The van der Waals surface area contributed by atoms with Crippen molar-refractivity contribution in [3.8, 4) is 0 Å². The normalized spacial score (nSPS) is 16.3. The molecule has 0 aliphatic carbocycles. The summed E-state index contributed by atoms with van der Waals surface area (Å²) in [5, 5.41) is 7.76. The third kappa shape index (κ3) is 13.4. The Kier molecular flexibility index (Phi) is 15.9. The highest BCUT2D eigenvalue weighted by Crippen LogP contribution is 2.16. The summed E-state index contributed by atoms with van der Waals surface area (Å²) in [6.07, 6.45) is 7.64. The zero-order valence-electron chi connectivity index (χ0n) is 28.5. The lowest BCUT2D eigenvalue weighted by Gasteiger charge is -2.34. The Morgan fingerprint density at radius 2 is 1.83 bits per heavy atom. The molecule has 1 aromatic heterocycles. The van der Waals surface area contributed by atoms with Crippen molar-refractivity contribution in [2.24, 2.45) is 5.92 Å². The number of esters is 1. The van der Waals surface area contributed by atoms with Crippen LogP contribution in [0.1, 0.15) is 71.6 Å². The van der Waals surface area contributed by atoms with Gasteiger partial charge in [0.05, 0.1) is 18.9 Å². The predicted octanol–water partition coefficient (Wildman–Crippen LogP) is 2.46. The van der Waals surface area contributed by atoms with Gasteiger partial charge in [-0.3, -0.25) is 29.2 Å². The highest BCUT2D eigenvalue weighted by atomic mass is 32.2. The molecule has 3 amide bonds. The van der Waals surface area contributed by atoms with E-state index in [2.05, 4.69) is 69.1 Å². The van der Waals surface area contributed by atoms with Crippen LogP contribution >= 0.6 is 0 Å². The lowest BCUT2D eigenvalue weighted by Crippen LogP contribution is -2.60. The molecule has 2 heterocycles. The topological polar surface area (TPSA) is 176 Å². The van der Waals surface area contributed by atoms with E-state index in [1.54, 1.807) is 13.8 Å². The molecule has 1 aliphatic heterocycles. The molecule has 3 atom stereocenters. The number of benzene rings is 1. The minimum Gasteiger partial charge on any atom is -0.468 e. The van der Waals surface area contributed by atoms with Crippen LogP contribution in [0.5, 0.6) is 0 Å². The molecular formula is C33H50N6O7S. The van der Waals surface area contributed by atoms with E-state index in [1.165, 1.54) is 30.0 Å². The van der Waals surface area contributed by atoms with Crippen molar-refractivity contribution in [3.05, 3.63) is 47.7 Å². The van der Waals surface area contributed by atoms with E-state index in [1.807, 2.05) is 13.0 Å². The van der Waals surface area contributed by atoms with E-state index in [-0.39, 0.29) is 25.3 Å². The SMILES string of the molecule is C/C=C/c1ccc2ccc(CC)nc2c1.COC(=O)[C@@H]1CCCN(C(=O)[C@H](C)NC(=O)C(NC(=O)CCCNS(C)(=O)=O)C(C)C)N1. The van der Waals surface area contributed by atoms with Crippen molar-refractivity contribution in [2.75, 3.05) is 26.5 Å². The van der Waals surface area contributed by atoms with E-state index < -0.39 is 51.8 Å². The van der Waals surface area contributed by atoms with Gasteiger partial charge in [-0.2, -0.15) is 0 Å². The quantitative estimate of drug-likeness (QED) is 0.184. The number of pyridine rings is 1. The van der Waals surface area contributed by atoms with Crippen molar-refractivity contribution < 1.29 is 32.3 Å². The second-order valence-electron chi connectivity index (χ2n) is 11.7. The first-order valence-corrected chi connectivity index (χ1v) is 17.8. The molecule has 1 aliphatic rings. The number of methoxy groups -OCH3 is 1. The lowest BCUT2D eigenvalue weighted by molar-refractivity contribution is -0.150. The van der Waals surface area contributed by atoms with Crippen LogP contribution in [0.25, 0.3) is 17.0 Å². The van der Waals surface area contributed by atoms with E-state index >= 15 is 0 Å². The summed E-state index contributed by atoms with van der Waals surface area (Å²) in [4.78, 5) is 53.9. The molecule has 4 N–H and O–H groups in total. The van der Waals surface area contributed by atoms with Crippen molar-refractivity contribution in [2.45, 2.75) is 84.8 Å². The van der Waals surface area contributed by atoms with Gasteiger partial charge in [-0.1, -0.05) is 51.1 Å². The summed E-state index contributed by atoms with van der Waals surface area (Å²) in [5.41, 5.74) is 6.28. The molecule has 0 saturated carbocycles. The third-order valence-electron chi connectivity index (χ3n) is 7.37. The number of sulfonamides is 1. The Balaban J connectivity index is 0.000000421. The number of hydrogen-bond donors (Lipinski definition) is 4. The number of aryl methyl sites for hydroxylation is 1. The van der Waals surface area contributed by atoms with Gasteiger partial charge >= 0.3 is 5.97 Å². The molecule has 1 aromatic carbocycles. The number of carbonyl (C=O) groups excluding carboxylic acids is 4. The highest BCUT2D eigenvalue weighted by molar-refractivity contribution is 7.88. The third-order valence-corrected chi connectivity index (χ3v) is 8.10. The van der Waals surface area contributed by atoms with Crippen molar-refractivity contribution in [1.29, 1.82) is 0 Å². The molecule has 1 unspecified atom stereocenters. The fourth-order valence-corrected chi connectivity index (χ4v) is 5.33. The number of hydrazine groups is 1. The van der Waals surface area contributed by atoms with Crippen LogP contribution in [0, 0.1) is 5.92 Å². The average Bonchev–Trinajstić information content (AvgIpc) is 3.04. The highest BCUT2D eigenvalue weighted by Gasteiger charge is 2.32. The maximum Gasteiger partial charge on any atom is 0.324 e. The number of amides is 3. The molecule has 13 nitrogen and oxygen atoms in total. The van der Waals surface area contributed by atoms with Gasteiger partial charge in [0, 0.05) is 30.6 Å². The summed E-state index contributed by atoms with van der Waals surface area (Å²) in [6.45, 7) is 9.71. The van der Waals surface area contributed by atoms with Gasteiger partial charge in [0.15, 0.2) is 0 Å². The van der Waals surface area contributed by atoms with Gasteiger partial charge in [-0.05, 0) is 63.1 Å². The average molecular weight is 675 g/mol. The van der Waals surface area contributed by atoms with Gasteiger partial charge in [-0.15, -0.1) is 0 Å². The largest absolute Gasteiger partial charge is 0.468 e. The smallest absolute Gasteiger partial charge is 0.324 e. The molecule has 260 valence electrons. The van der Waals surface area contributed by atoms with Crippen LogP contribution < -0.4 is 20.8 Å². The molecule has 2 aromatic rings. The summed E-state index contributed by atoms with van der Waals surface area (Å²) in [5.74, 6) is -2.02. The minimum atomic E-state index is -3.33. The monoisotopic (exact) mass is 674 g/mol. The first-order chi connectivity index (χ1) is 22.2. The first-order valence-electron chi connectivity index (χ1n) is 15.9. The van der Waals surface area contributed by atoms with E-state index in [4.69, 9.17) is 4.74 Å². The van der Waals surface area contributed by atoms with Crippen LogP contribution in [-0.2, 0) is 40.4 Å². The van der Waals surface area contributed by atoms with E-state index in [0.29, 0.717) is 19.4 Å². The second kappa shape index (κ2) is 19.1. The summed E-state index contributed by atoms with van der Waals surface area (Å²) < 4.78 is 29.1. The molecule has 14 heteroatoms. The van der Waals surface area contributed by atoms with Gasteiger partial charge in [0.25, 0.3) is 5.91 Å². The van der Waals surface area contributed by atoms with E-state index in [0.717, 1.165) is 23.9 Å². The van der Waals surface area contributed by atoms with Crippen molar-refractivity contribution in [1.82, 2.24) is 30.8 Å². The number of rotatable bonds is 13. The first kappa shape index (κ1) is 39.3.